The number of nitrogens with two attached hydrogens (primary N) is 1. The molecule has 6 rings (SSSR count). The van der Waals surface area contributed by atoms with E-state index in [9.17, 15) is 22.8 Å². The van der Waals surface area contributed by atoms with Crippen LogP contribution in [-0.4, -0.2) is 86.6 Å². The predicted octanol–water partition coefficient (Wildman–Crippen LogP) is 3.44. The van der Waals surface area contributed by atoms with Gasteiger partial charge in [0.05, 0.1) is 24.1 Å². The van der Waals surface area contributed by atoms with Crippen LogP contribution in [0.4, 0.5) is 13.2 Å². The lowest BCUT2D eigenvalue weighted by atomic mass is 10.0. The van der Waals surface area contributed by atoms with Crippen molar-refractivity contribution in [2.45, 2.75) is 44.8 Å². The number of imidazole rings is 1. The zero-order valence-corrected chi connectivity index (χ0v) is 23.3. The number of hydrogen-bond donors (Lipinski definition) is 1. The average Bonchev–Trinajstić information content (AvgIpc) is 3.72. The van der Waals surface area contributed by atoms with E-state index in [-0.39, 0.29) is 35.9 Å². The maximum Gasteiger partial charge on any atom is 0.433 e. The van der Waals surface area contributed by atoms with E-state index in [0.29, 0.717) is 55.2 Å². The number of carbonyl (C=O) groups excluding carboxylic acids is 2. The molecule has 0 unspecified atom stereocenters. The average molecular weight is 580 g/mol. The summed E-state index contributed by atoms with van der Waals surface area (Å²) in [6.07, 6.45) is 4.31. The van der Waals surface area contributed by atoms with Gasteiger partial charge in [-0.3, -0.25) is 24.0 Å². The van der Waals surface area contributed by atoms with Gasteiger partial charge in [0.2, 0.25) is 5.91 Å². The van der Waals surface area contributed by atoms with Crippen LogP contribution >= 0.6 is 0 Å². The first-order valence-corrected chi connectivity index (χ1v) is 14.2. The van der Waals surface area contributed by atoms with E-state index in [1.54, 1.807) is 27.8 Å². The second-order valence-corrected chi connectivity index (χ2v) is 11.2. The highest BCUT2D eigenvalue weighted by atomic mass is 19.4. The highest BCUT2D eigenvalue weighted by molar-refractivity contribution is 6.27. The number of fused-ring (bicyclic) bond motifs is 1. The Hall–Kier alpha value is -4.06. The summed E-state index contributed by atoms with van der Waals surface area (Å²) in [4.78, 5) is 42.3. The molecule has 1 aliphatic carbocycles. The van der Waals surface area contributed by atoms with Gasteiger partial charge in [-0.1, -0.05) is 18.2 Å². The first kappa shape index (κ1) is 28.1. The fourth-order valence-electron chi connectivity index (χ4n) is 6.24. The van der Waals surface area contributed by atoms with Crippen LogP contribution in [0.15, 0.2) is 47.9 Å². The standard InChI is InChI=1S/C30H32F3N7O2/c1-18-14-19(2-5-22(18)29(42)39-12-10-38(11-13-39)28(41)20-3-4-21(34)16-20)15-24-27-37-17-25(40(27)9-8-35-24)23-6-7-36-26(23)30(31,32)33/h2,5-6,8-9,14,17,20-21H,3-4,7,10-13,15-16,34H2,1H3/t20-,21-/m0/s1. The van der Waals surface area contributed by atoms with Gasteiger partial charge in [-0.2, -0.15) is 13.2 Å². The van der Waals surface area contributed by atoms with Gasteiger partial charge in [-0.15, -0.1) is 0 Å². The molecule has 2 fully saturated rings. The van der Waals surface area contributed by atoms with E-state index >= 15 is 0 Å². The van der Waals surface area contributed by atoms with Crippen LogP contribution in [0.1, 0.15) is 52.1 Å². The number of piperazine rings is 1. The smallest absolute Gasteiger partial charge is 0.339 e. The van der Waals surface area contributed by atoms with E-state index < -0.39 is 11.9 Å². The highest BCUT2D eigenvalue weighted by Gasteiger charge is 2.40. The lowest BCUT2D eigenvalue weighted by Gasteiger charge is -2.36. The maximum absolute atomic E-state index is 13.5. The molecule has 220 valence electrons. The molecular formula is C30H32F3N7O2. The summed E-state index contributed by atoms with van der Waals surface area (Å²) < 4.78 is 42.0. The molecule has 0 spiro atoms. The van der Waals surface area contributed by atoms with Gasteiger partial charge in [-0.05, 0) is 43.4 Å². The summed E-state index contributed by atoms with van der Waals surface area (Å²) in [6.45, 7) is 3.85. The van der Waals surface area contributed by atoms with Crippen LogP contribution in [0.5, 0.6) is 0 Å². The van der Waals surface area contributed by atoms with Crippen molar-refractivity contribution in [3.63, 3.8) is 0 Å². The normalized spacial score (nSPS) is 21.2. The molecule has 12 heteroatoms. The predicted molar refractivity (Wildman–Crippen MR) is 151 cm³/mol. The Morgan fingerprint density at radius 2 is 1.83 bits per heavy atom. The number of rotatable bonds is 5. The lowest BCUT2D eigenvalue weighted by molar-refractivity contribution is -0.136. The van der Waals surface area contributed by atoms with Crippen LogP contribution in [0.3, 0.4) is 0 Å². The largest absolute Gasteiger partial charge is 0.433 e. The minimum absolute atomic E-state index is 0.00283. The van der Waals surface area contributed by atoms with Gasteiger partial charge in [0.1, 0.15) is 5.71 Å². The number of allylic oxidation sites excluding steroid dienone is 1. The third-order valence-electron chi connectivity index (χ3n) is 8.44. The number of amides is 2. The Balaban J connectivity index is 1.13. The number of hydrogen-bond acceptors (Lipinski definition) is 6. The number of aromatic nitrogens is 3. The topological polar surface area (TPSA) is 109 Å². The van der Waals surface area contributed by atoms with Gasteiger partial charge in [0, 0.05) is 68.1 Å². The van der Waals surface area contributed by atoms with Crippen LogP contribution in [0, 0.1) is 12.8 Å². The van der Waals surface area contributed by atoms with Crippen LogP contribution in [-0.2, 0) is 11.2 Å². The van der Waals surface area contributed by atoms with Crippen molar-refractivity contribution in [2.75, 3.05) is 32.7 Å². The van der Waals surface area contributed by atoms with Crippen LogP contribution < -0.4 is 5.73 Å². The zero-order valence-electron chi connectivity index (χ0n) is 23.3. The third-order valence-corrected chi connectivity index (χ3v) is 8.44. The maximum atomic E-state index is 13.5. The molecule has 3 aromatic rings. The van der Waals surface area contributed by atoms with Crippen molar-refractivity contribution in [1.82, 2.24) is 24.2 Å². The second kappa shape index (κ2) is 11.0. The Morgan fingerprint density at radius 1 is 1.07 bits per heavy atom. The number of halogens is 3. The SMILES string of the molecule is Cc1cc(Cc2nccn3c(C4=CCN=C4C(F)(F)F)cnc23)ccc1C(=O)N1CCN(C(=O)[C@H]2CC[C@H](N)C2)CC1. The first-order valence-electron chi connectivity index (χ1n) is 14.2. The molecular weight excluding hydrogens is 547 g/mol. The number of alkyl halides is 3. The minimum atomic E-state index is -4.55. The summed E-state index contributed by atoms with van der Waals surface area (Å²) in [5, 5.41) is 0. The van der Waals surface area contributed by atoms with Gasteiger partial charge >= 0.3 is 6.18 Å². The summed E-state index contributed by atoms with van der Waals surface area (Å²) in [5.41, 5.74) is 8.79. The molecule has 2 amide bonds. The molecule has 0 radical (unpaired) electrons. The van der Waals surface area contributed by atoms with Crippen molar-refractivity contribution in [3.05, 3.63) is 70.9 Å². The minimum Gasteiger partial charge on any atom is -0.339 e. The Kier molecular flexibility index (Phi) is 7.34. The van der Waals surface area contributed by atoms with Gasteiger partial charge in [0.25, 0.3) is 5.91 Å². The van der Waals surface area contributed by atoms with Crippen LogP contribution in [0.2, 0.25) is 0 Å². The number of carbonyl (C=O) groups is 2. The quantitative estimate of drug-likeness (QED) is 0.498. The van der Waals surface area contributed by atoms with E-state index in [2.05, 4.69) is 15.0 Å². The molecule has 2 atom stereocenters. The number of aryl methyl sites for hydroxylation is 1. The van der Waals surface area contributed by atoms with Crippen LogP contribution in [0.25, 0.3) is 11.2 Å². The van der Waals surface area contributed by atoms with E-state index in [1.165, 1.54) is 12.3 Å². The molecule has 2 N–H and O–H groups in total. The summed E-state index contributed by atoms with van der Waals surface area (Å²) >= 11 is 0. The van der Waals surface area contributed by atoms with Crippen molar-refractivity contribution < 1.29 is 22.8 Å². The summed E-state index contributed by atoms with van der Waals surface area (Å²) in [6, 6.07) is 5.70. The van der Waals surface area contributed by atoms with Crippen molar-refractivity contribution in [2.24, 2.45) is 16.6 Å². The molecule has 1 aromatic carbocycles. The molecule has 3 aliphatic rings. The molecule has 0 bridgehead atoms. The fourth-order valence-corrected chi connectivity index (χ4v) is 6.24. The van der Waals surface area contributed by atoms with E-state index in [4.69, 9.17) is 5.73 Å². The molecule has 2 aromatic heterocycles. The van der Waals surface area contributed by atoms with Gasteiger partial charge in [0.15, 0.2) is 5.65 Å². The molecule has 4 heterocycles. The molecule has 42 heavy (non-hydrogen) atoms. The Morgan fingerprint density at radius 3 is 2.52 bits per heavy atom. The lowest BCUT2D eigenvalue weighted by Crippen LogP contribution is -2.52. The number of benzene rings is 1. The Labute approximate surface area is 240 Å². The molecule has 2 aliphatic heterocycles. The number of nitrogens with zero attached hydrogens (tertiary/aromatic N) is 6. The van der Waals surface area contributed by atoms with Crippen molar-refractivity contribution in [1.29, 1.82) is 0 Å². The van der Waals surface area contributed by atoms with Crippen molar-refractivity contribution >= 4 is 28.7 Å². The van der Waals surface area contributed by atoms with E-state index in [1.807, 2.05) is 24.0 Å². The first-order chi connectivity index (χ1) is 20.1. The van der Waals surface area contributed by atoms with E-state index in [0.717, 1.165) is 30.4 Å². The number of aliphatic imine (C=N–C) groups is 1. The summed E-state index contributed by atoms with van der Waals surface area (Å²) in [5.74, 6) is 0.0776. The molecule has 1 saturated heterocycles. The third kappa shape index (κ3) is 5.31. The second-order valence-electron chi connectivity index (χ2n) is 11.2. The zero-order chi connectivity index (χ0) is 29.6. The monoisotopic (exact) mass is 579 g/mol. The summed E-state index contributed by atoms with van der Waals surface area (Å²) in [7, 11) is 0. The Bertz CT molecular complexity index is 1600. The van der Waals surface area contributed by atoms with Gasteiger partial charge < -0.3 is 15.5 Å². The highest BCUT2D eigenvalue weighted by Crippen LogP contribution is 2.32. The molecule has 1 saturated carbocycles. The molecule has 9 nitrogen and oxygen atoms in total. The van der Waals surface area contributed by atoms with Crippen molar-refractivity contribution in [3.8, 4) is 0 Å². The van der Waals surface area contributed by atoms with Gasteiger partial charge in [-0.25, -0.2) is 4.98 Å². The fraction of sp³-hybridized carbons (Fsp3) is 0.433.